The summed E-state index contributed by atoms with van der Waals surface area (Å²) in [5, 5.41) is 13.3. The summed E-state index contributed by atoms with van der Waals surface area (Å²) in [6, 6.07) is 3.06. The predicted octanol–water partition coefficient (Wildman–Crippen LogP) is 2.17. The van der Waals surface area contributed by atoms with Crippen LogP contribution in [0.1, 0.15) is 18.1 Å². The number of anilines is 1. The van der Waals surface area contributed by atoms with Gasteiger partial charge in [0.1, 0.15) is 0 Å². The summed E-state index contributed by atoms with van der Waals surface area (Å²) >= 11 is 0. The van der Waals surface area contributed by atoms with Crippen molar-refractivity contribution >= 4 is 17.3 Å². The van der Waals surface area contributed by atoms with Crippen molar-refractivity contribution < 1.29 is 9.72 Å². The van der Waals surface area contributed by atoms with E-state index in [1.54, 1.807) is 19.9 Å². The summed E-state index contributed by atoms with van der Waals surface area (Å²) in [6.45, 7) is 4.79. The Morgan fingerprint density at radius 2 is 2.00 bits per heavy atom. The summed E-state index contributed by atoms with van der Waals surface area (Å²) in [7, 11) is 0. The second kappa shape index (κ2) is 4.08. The first-order valence-electron chi connectivity index (χ1n) is 4.45. The molecule has 5 nitrogen and oxygen atoms in total. The van der Waals surface area contributed by atoms with Gasteiger partial charge in [0.2, 0.25) is 5.91 Å². The van der Waals surface area contributed by atoms with Gasteiger partial charge in [-0.25, -0.2) is 0 Å². The Bertz CT molecular complexity index is 427. The van der Waals surface area contributed by atoms with Crippen LogP contribution < -0.4 is 5.32 Å². The SMILES string of the molecule is CC(=O)Nc1c(C)ccc([N+](=O)[O-])c1C. The van der Waals surface area contributed by atoms with Crippen molar-refractivity contribution in [1.82, 2.24) is 0 Å². The van der Waals surface area contributed by atoms with Crippen molar-refractivity contribution in [1.29, 1.82) is 0 Å². The molecule has 1 aromatic rings. The second-order valence-corrected chi connectivity index (χ2v) is 3.34. The van der Waals surface area contributed by atoms with Gasteiger partial charge in [0.25, 0.3) is 5.69 Å². The van der Waals surface area contributed by atoms with Gasteiger partial charge in [-0.15, -0.1) is 0 Å². The Morgan fingerprint density at radius 3 is 2.47 bits per heavy atom. The summed E-state index contributed by atoms with van der Waals surface area (Å²) in [6.07, 6.45) is 0. The van der Waals surface area contributed by atoms with Crippen LogP contribution in [0.3, 0.4) is 0 Å². The van der Waals surface area contributed by atoms with E-state index < -0.39 is 4.92 Å². The fourth-order valence-electron chi connectivity index (χ4n) is 1.40. The van der Waals surface area contributed by atoms with Crippen LogP contribution in [0, 0.1) is 24.0 Å². The lowest BCUT2D eigenvalue weighted by Crippen LogP contribution is -2.09. The van der Waals surface area contributed by atoms with Gasteiger partial charge in [-0.05, 0) is 19.4 Å². The molecule has 80 valence electrons. The number of rotatable bonds is 2. The van der Waals surface area contributed by atoms with Gasteiger partial charge in [0, 0.05) is 13.0 Å². The molecular formula is C10H12N2O3. The number of aryl methyl sites for hydroxylation is 1. The molecule has 0 fully saturated rings. The van der Waals surface area contributed by atoms with Crippen LogP contribution in [0.25, 0.3) is 0 Å². The van der Waals surface area contributed by atoms with Crippen molar-refractivity contribution in [2.45, 2.75) is 20.8 Å². The molecule has 15 heavy (non-hydrogen) atoms. The van der Waals surface area contributed by atoms with Gasteiger partial charge in [-0.3, -0.25) is 14.9 Å². The fourth-order valence-corrected chi connectivity index (χ4v) is 1.40. The van der Waals surface area contributed by atoms with E-state index in [0.717, 1.165) is 5.56 Å². The lowest BCUT2D eigenvalue weighted by molar-refractivity contribution is -0.385. The fraction of sp³-hybridized carbons (Fsp3) is 0.300. The third kappa shape index (κ3) is 2.31. The van der Waals surface area contributed by atoms with E-state index in [9.17, 15) is 14.9 Å². The average Bonchev–Trinajstić information content (AvgIpc) is 2.11. The highest BCUT2D eigenvalue weighted by Crippen LogP contribution is 2.28. The molecule has 0 saturated carbocycles. The number of nitrogens with zero attached hydrogens (tertiary/aromatic N) is 1. The maximum Gasteiger partial charge on any atom is 0.274 e. The molecule has 0 aliphatic carbocycles. The van der Waals surface area contributed by atoms with Crippen LogP contribution in [-0.4, -0.2) is 10.8 Å². The van der Waals surface area contributed by atoms with E-state index >= 15 is 0 Å². The first-order valence-corrected chi connectivity index (χ1v) is 4.45. The topological polar surface area (TPSA) is 72.2 Å². The first kappa shape index (κ1) is 11.2. The molecule has 5 heteroatoms. The Balaban J connectivity index is 3.29. The van der Waals surface area contributed by atoms with E-state index in [2.05, 4.69) is 5.32 Å². The third-order valence-electron chi connectivity index (χ3n) is 2.14. The Kier molecular flexibility index (Phi) is 3.04. The minimum absolute atomic E-state index is 0.0179. The monoisotopic (exact) mass is 208 g/mol. The number of carbonyl (C=O) groups is 1. The predicted molar refractivity (Wildman–Crippen MR) is 56.9 cm³/mol. The van der Waals surface area contributed by atoms with Crippen molar-refractivity contribution in [2.75, 3.05) is 5.32 Å². The summed E-state index contributed by atoms with van der Waals surface area (Å²) in [5.41, 5.74) is 1.84. The number of hydrogen-bond donors (Lipinski definition) is 1. The largest absolute Gasteiger partial charge is 0.326 e. The second-order valence-electron chi connectivity index (χ2n) is 3.34. The minimum Gasteiger partial charge on any atom is -0.326 e. The molecular weight excluding hydrogens is 196 g/mol. The van der Waals surface area contributed by atoms with Crippen LogP contribution in [0.5, 0.6) is 0 Å². The maximum atomic E-state index is 10.9. The molecule has 0 bridgehead atoms. The number of hydrogen-bond acceptors (Lipinski definition) is 3. The van der Waals surface area contributed by atoms with E-state index in [4.69, 9.17) is 0 Å². The average molecular weight is 208 g/mol. The summed E-state index contributed by atoms with van der Waals surface area (Å²) < 4.78 is 0. The zero-order valence-electron chi connectivity index (χ0n) is 8.83. The van der Waals surface area contributed by atoms with Gasteiger partial charge in [-0.2, -0.15) is 0 Å². The highest BCUT2D eigenvalue weighted by atomic mass is 16.6. The van der Waals surface area contributed by atoms with Crippen LogP contribution in [0.15, 0.2) is 12.1 Å². The first-order chi connectivity index (χ1) is 6.93. The summed E-state index contributed by atoms with van der Waals surface area (Å²) in [5.74, 6) is -0.235. The molecule has 0 heterocycles. The minimum atomic E-state index is -0.458. The van der Waals surface area contributed by atoms with Crippen molar-refractivity contribution in [3.63, 3.8) is 0 Å². The smallest absolute Gasteiger partial charge is 0.274 e. The van der Waals surface area contributed by atoms with E-state index in [-0.39, 0.29) is 11.6 Å². The molecule has 0 aliphatic rings. The lowest BCUT2D eigenvalue weighted by atomic mass is 10.1. The van der Waals surface area contributed by atoms with Gasteiger partial charge >= 0.3 is 0 Å². The number of benzene rings is 1. The Labute approximate surface area is 87.3 Å². The number of nitrogens with one attached hydrogen (secondary N) is 1. The molecule has 1 N–H and O–H groups in total. The van der Waals surface area contributed by atoms with Crippen LogP contribution >= 0.6 is 0 Å². The molecule has 0 unspecified atom stereocenters. The maximum absolute atomic E-state index is 10.9. The zero-order valence-corrected chi connectivity index (χ0v) is 8.83. The van der Waals surface area contributed by atoms with Crippen LogP contribution in [0.2, 0.25) is 0 Å². The quantitative estimate of drug-likeness (QED) is 0.598. The molecule has 0 aromatic heterocycles. The number of nitro benzene ring substituents is 1. The van der Waals surface area contributed by atoms with Crippen molar-refractivity contribution in [3.05, 3.63) is 33.4 Å². The standard InChI is InChI=1S/C10H12N2O3/c1-6-4-5-9(12(14)15)7(2)10(6)11-8(3)13/h4-5H,1-3H3,(H,11,13). The molecule has 1 rings (SSSR count). The highest BCUT2D eigenvalue weighted by molar-refractivity contribution is 5.91. The summed E-state index contributed by atoms with van der Waals surface area (Å²) in [4.78, 5) is 21.1. The number of carbonyl (C=O) groups excluding carboxylic acids is 1. The number of amides is 1. The third-order valence-corrected chi connectivity index (χ3v) is 2.14. The Morgan fingerprint density at radius 1 is 1.40 bits per heavy atom. The molecule has 0 aliphatic heterocycles. The number of nitro groups is 1. The van der Waals surface area contributed by atoms with Crippen molar-refractivity contribution in [2.24, 2.45) is 0 Å². The Hall–Kier alpha value is -1.91. The van der Waals surface area contributed by atoms with E-state index in [1.807, 2.05) is 0 Å². The van der Waals surface area contributed by atoms with E-state index in [0.29, 0.717) is 11.3 Å². The zero-order chi connectivity index (χ0) is 11.6. The van der Waals surface area contributed by atoms with Gasteiger partial charge in [0.15, 0.2) is 0 Å². The van der Waals surface area contributed by atoms with E-state index in [1.165, 1.54) is 13.0 Å². The van der Waals surface area contributed by atoms with Gasteiger partial charge in [-0.1, -0.05) is 6.07 Å². The molecule has 1 amide bonds. The van der Waals surface area contributed by atoms with Gasteiger partial charge in [0.05, 0.1) is 16.2 Å². The van der Waals surface area contributed by atoms with Gasteiger partial charge < -0.3 is 5.32 Å². The van der Waals surface area contributed by atoms with Crippen molar-refractivity contribution in [3.8, 4) is 0 Å². The normalized spacial score (nSPS) is 9.80. The molecule has 0 radical (unpaired) electrons. The molecule has 0 saturated heterocycles. The molecule has 0 spiro atoms. The van der Waals surface area contributed by atoms with Crippen LogP contribution in [-0.2, 0) is 4.79 Å². The molecule has 1 aromatic carbocycles. The molecule has 0 atom stereocenters. The van der Waals surface area contributed by atoms with Crippen LogP contribution in [0.4, 0.5) is 11.4 Å². The lowest BCUT2D eigenvalue weighted by Gasteiger charge is -2.09. The highest BCUT2D eigenvalue weighted by Gasteiger charge is 2.15.